The maximum atomic E-state index is 14.2. The summed E-state index contributed by atoms with van der Waals surface area (Å²) < 4.78 is 14.2. The van der Waals surface area contributed by atoms with Crippen molar-refractivity contribution in [3.05, 3.63) is 71.7 Å². The van der Waals surface area contributed by atoms with Gasteiger partial charge in [0.25, 0.3) is 0 Å². The monoisotopic (exact) mass is 517 g/mol. The van der Waals surface area contributed by atoms with E-state index in [0.717, 1.165) is 31.4 Å². The highest BCUT2D eigenvalue weighted by Crippen LogP contribution is 2.30. The molecule has 1 aromatic carbocycles. The Balaban J connectivity index is 1.45. The number of carbonyl (C=O) groups is 2. The number of nitriles is 1. The van der Waals surface area contributed by atoms with Crippen molar-refractivity contribution in [3.8, 4) is 17.3 Å². The van der Waals surface area contributed by atoms with Crippen molar-refractivity contribution in [1.29, 1.82) is 5.26 Å². The van der Waals surface area contributed by atoms with Crippen LogP contribution < -0.4 is 16.4 Å². The van der Waals surface area contributed by atoms with Crippen LogP contribution >= 0.6 is 0 Å². The minimum absolute atomic E-state index is 0.0419. The van der Waals surface area contributed by atoms with Gasteiger partial charge in [-0.3, -0.25) is 14.6 Å². The van der Waals surface area contributed by atoms with Crippen LogP contribution in [0.5, 0.6) is 0 Å². The number of H-pyrrole nitrogens is 1. The van der Waals surface area contributed by atoms with Gasteiger partial charge in [0.05, 0.1) is 35.7 Å². The van der Waals surface area contributed by atoms with Crippen molar-refractivity contribution in [3.63, 3.8) is 0 Å². The zero-order chi connectivity index (χ0) is 26.9. The molecule has 0 aliphatic heterocycles. The smallest absolute Gasteiger partial charge is 0.223 e. The van der Waals surface area contributed by atoms with E-state index >= 15 is 0 Å². The molecule has 0 unspecified atom stereocenters. The summed E-state index contributed by atoms with van der Waals surface area (Å²) in [4.78, 5) is 37.5. The Morgan fingerprint density at radius 3 is 2.68 bits per heavy atom. The zero-order valence-corrected chi connectivity index (χ0v) is 21.1. The highest BCUT2D eigenvalue weighted by molar-refractivity contribution is 5.79. The SMILES string of the molecule is N#Cc1ccc(-c2cnc([C@H](CCC(=O)NCc3ccccn3)NC(=O)C3CCC(CN)CC3)[nH]2)cc1F. The number of pyridine rings is 1. The number of imidazole rings is 1. The lowest BCUT2D eigenvalue weighted by atomic mass is 9.81. The fraction of sp³-hybridized carbons (Fsp3) is 0.393. The van der Waals surface area contributed by atoms with Gasteiger partial charge in [0.15, 0.2) is 0 Å². The van der Waals surface area contributed by atoms with E-state index in [0.29, 0.717) is 42.5 Å². The molecule has 0 spiro atoms. The molecule has 10 heteroatoms. The van der Waals surface area contributed by atoms with Gasteiger partial charge in [-0.15, -0.1) is 0 Å². The lowest BCUT2D eigenvalue weighted by Gasteiger charge is -2.28. The van der Waals surface area contributed by atoms with Crippen LogP contribution in [0, 0.1) is 29.0 Å². The third-order valence-electron chi connectivity index (χ3n) is 7.05. The molecule has 1 aliphatic carbocycles. The van der Waals surface area contributed by atoms with Crippen LogP contribution in [0.4, 0.5) is 4.39 Å². The van der Waals surface area contributed by atoms with E-state index in [1.165, 1.54) is 12.1 Å². The quantitative estimate of drug-likeness (QED) is 0.323. The van der Waals surface area contributed by atoms with E-state index in [9.17, 15) is 14.0 Å². The summed E-state index contributed by atoms with van der Waals surface area (Å²) in [5.41, 5.74) is 7.58. The molecule has 0 radical (unpaired) electrons. The van der Waals surface area contributed by atoms with Gasteiger partial charge in [-0.2, -0.15) is 5.26 Å². The molecule has 2 heterocycles. The molecular formula is C28H32FN7O2. The molecule has 0 bridgehead atoms. The average Bonchev–Trinajstić information content (AvgIpc) is 3.45. The Morgan fingerprint density at radius 2 is 2.00 bits per heavy atom. The Kier molecular flexibility index (Phi) is 9.16. The van der Waals surface area contributed by atoms with E-state index in [1.54, 1.807) is 18.5 Å². The minimum Gasteiger partial charge on any atom is -0.350 e. The Morgan fingerprint density at radius 1 is 1.18 bits per heavy atom. The largest absolute Gasteiger partial charge is 0.350 e. The first-order valence-corrected chi connectivity index (χ1v) is 12.9. The number of aromatic nitrogens is 3. The first kappa shape index (κ1) is 26.9. The van der Waals surface area contributed by atoms with E-state index in [1.807, 2.05) is 24.3 Å². The van der Waals surface area contributed by atoms with Crippen LogP contribution in [0.25, 0.3) is 11.3 Å². The molecule has 0 saturated heterocycles. The predicted molar refractivity (Wildman–Crippen MR) is 139 cm³/mol. The second-order valence-electron chi connectivity index (χ2n) is 9.64. The molecule has 3 aromatic rings. The number of carbonyl (C=O) groups excluding carboxylic acids is 2. The lowest BCUT2D eigenvalue weighted by molar-refractivity contribution is -0.127. The summed E-state index contributed by atoms with van der Waals surface area (Å²) in [6.45, 7) is 0.950. The number of halogens is 1. The van der Waals surface area contributed by atoms with E-state index in [-0.39, 0.29) is 29.7 Å². The van der Waals surface area contributed by atoms with Gasteiger partial charge in [0.1, 0.15) is 17.7 Å². The predicted octanol–water partition coefficient (Wildman–Crippen LogP) is 3.50. The maximum Gasteiger partial charge on any atom is 0.223 e. The van der Waals surface area contributed by atoms with Gasteiger partial charge in [-0.1, -0.05) is 12.1 Å². The highest BCUT2D eigenvalue weighted by Gasteiger charge is 2.28. The van der Waals surface area contributed by atoms with Gasteiger partial charge in [-0.25, -0.2) is 9.37 Å². The van der Waals surface area contributed by atoms with Gasteiger partial charge >= 0.3 is 0 Å². The van der Waals surface area contributed by atoms with Crippen molar-refractivity contribution in [2.45, 2.75) is 51.1 Å². The molecule has 4 rings (SSSR count). The molecule has 1 aliphatic rings. The molecule has 38 heavy (non-hydrogen) atoms. The standard InChI is InChI=1S/C28H32FN7O2/c29-23-13-20(8-9-21(23)15-31)25-17-34-27(35-25)24(36-28(38)19-6-4-18(14-30)5-7-19)10-11-26(37)33-16-22-3-1-2-12-32-22/h1-3,8-9,12-13,17-19,24H,4-7,10-11,14,16,30H2,(H,33,37)(H,34,35)(H,36,38)/t18?,19?,24-/m0/s1. The van der Waals surface area contributed by atoms with Crippen LogP contribution in [0.1, 0.15) is 61.6 Å². The van der Waals surface area contributed by atoms with Crippen molar-refractivity contribution in [1.82, 2.24) is 25.6 Å². The van der Waals surface area contributed by atoms with Crippen molar-refractivity contribution < 1.29 is 14.0 Å². The van der Waals surface area contributed by atoms with Crippen molar-refractivity contribution in [2.24, 2.45) is 17.6 Å². The number of nitrogens with two attached hydrogens (primary N) is 1. The van der Waals surface area contributed by atoms with Crippen LogP contribution in [0.15, 0.2) is 48.8 Å². The number of aromatic amines is 1. The van der Waals surface area contributed by atoms with Crippen LogP contribution in [0.3, 0.4) is 0 Å². The van der Waals surface area contributed by atoms with Gasteiger partial charge < -0.3 is 21.4 Å². The number of rotatable bonds is 10. The second-order valence-corrected chi connectivity index (χ2v) is 9.64. The fourth-order valence-corrected chi connectivity index (χ4v) is 4.72. The molecule has 2 aromatic heterocycles. The van der Waals surface area contributed by atoms with Crippen LogP contribution in [-0.4, -0.2) is 33.3 Å². The fourth-order valence-electron chi connectivity index (χ4n) is 4.72. The van der Waals surface area contributed by atoms with E-state index < -0.39 is 11.9 Å². The van der Waals surface area contributed by atoms with Gasteiger partial charge in [-0.05, 0) is 68.8 Å². The number of hydrogen-bond donors (Lipinski definition) is 4. The zero-order valence-electron chi connectivity index (χ0n) is 21.1. The molecular weight excluding hydrogens is 485 g/mol. The summed E-state index contributed by atoms with van der Waals surface area (Å²) >= 11 is 0. The first-order chi connectivity index (χ1) is 18.5. The number of nitrogens with one attached hydrogen (secondary N) is 3. The lowest BCUT2D eigenvalue weighted by Crippen LogP contribution is -2.37. The normalized spacial score (nSPS) is 17.8. The summed E-state index contributed by atoms with van der Waals surface area (Å²) in [5.74, 6) is -0.0330. The molecule has 1 atom stereocenters. The summed E-state index contributed by atoms with van der Waals surface area (Å²) in [6, 6.07) is 11.1. The average molecular weight is 518 g/mol. The van der Waals surface area contributed by atoms with E-state index in [2.05, 4.69) is 25.6 Å². The molecule has 2 amide bonds. The summed E-state index contributed by atoms with van der Waals surface area (Å²) in [6.07, 6.45) is 7.11. The second kappa shape index (κ2) is 12.9. The minimum atomic E-state index is -0.622. The number of benzene rings is 1. The first-order valence-electron chi connectivity index (χ1n) is 12.9. The summed E-state index contributed by atoms with van der Waals surface area (Å²) in [7, 11) is 0. The summed E-state index contributed by atoms with van der Waals surface area (Å²) in [5, 5.41) is 14.9. The van der Waals surface area contributed by atoms with Crippen LogP contribution in [0.2, 0.25) is 0 Å². The molecule has 5 N–H and O–H groups in total. The third kappa shape index (κ3) is 7.01. The molecule has 9 nitrogen and oxygen atoms in total. The molecule has 198 valence electrons. The van der Waals surface area contributed by atoms with Crippen molar-refractivity contribution >= 4 is 11.8 Å². The van der Waals surface area contributed by atoms with Crippen molar-refractivity contribution in [2.75, 3.05) is 6.54 Å². The maximum absolute atomic E-state index is 14.2. The Bertz CT molecular complexity index is 1280. The molecule has 1 fully saturated rings. The number of nitrogens with zero attached hydrogens (tertiary/aromatic N) is 3. The molecule has 1 saturated carbocycles. The van der Waals surface area contributed by atoms with Crippen LogP contribution in [-0.2, 0) is 16.1 Å². The number of amides is 2. The Labute approximate surface area is 221 Å². The highest BCUT2D eigenvalue weighted by atomic mass is 19.1. The number of hydrogen-bond acceptors (Lipinski definition) is 6. The Hall–Kier alpha value is -4.10. The topological polar surface area (TPSA) is 150 Å². The van der Waals surface area contributed by atoms with Gasteiger partial charge in [0, 0.05) is 24.1 Å². The van der Waals surface area contributed by atoms with E-state index in [4.69, 9.17) is 11.0 Å². The third-order valence-corrected chi connectivity index (χ3v) is 7.05. The van der Waals surface area contributed by atoms with Gasteiger partial charge in [0.2, 0.25) is 11.8 Å².